The van der Waals surface area contributed by atoms with E-state index >= 15 is 0 Å². The second-order valence-corrected chi connectivity index (χ2v) is 5.26. The third kappa shape index (κ3) is 2.90. The first-order valence-electron chi connectivity index (χ1n) is 7.04. The summed E-state index contributed by atoms with van der Waals surface area (Å²) in [5, 5.41) is 3.24. The van der Waals surface area contributed by atoms with Crippen LogP contribution in [0, 0.1) is 11.6 Å². The highest BCUT2D eigenvalue weighted by molar-refractivity contribution is 5.41. The van der Waals surface area contributed by atoms with Crippen LogP contribution in [0.4, 0.5) is 8.78 Å². The highest BCUT2D eigenvalue weighted by Crippen LogP contribution is 2.29. The monoisotopic (exact) mass is 289 g/mol. The van der Waals surface area contributed by atoms with E-state index in [1.54, 1.807) is 6.07 Å². The van der Waals surface area contributed by atoms with Crippen LogP contribution in [-0.4, -0.2) is 13.7 Å². The molecule has 1 aliphatic heterocycles. The zero-order valence-electron chi connectivity index (χ0n) is 11.8. The summed E-state index contributed by atoms with van der Waals surface area (Å²) in [7, 11) is 1.87. The molecule has 2 nitrogen and oxygen atoms in total. The van der Waals surface area contributed by atoms with E-state index in [0.717, 1.165) is 29.9 Å². The van der Waals surface area contributed by atoms with Crippen molar-refractivity contribution in [2.75, 3.05) is 13.7 Å². The van der Waals surface area contributed by atoms with Crippen LogP contribution < -0.4 is 10.1 Å². The minimum atomic E-state index is -0.811. The Morgan fingerprint density at radius 3 is 2.76 bits per heavy atom. The lowest BCUT2D eigenvalue weighted by Gasteiger charge is -2.18. The van der Waals surface area contributed by atoms with Gasteiger partial charge in [0.1, 0.15) is 5.75 Å². The number of benzene rings is 2. The Kier molecular flexibility index (Phi) is 3.88. The number of likely N-dealkylation sites (N-methyl/N-ethyl adjacent to an activating group) is 1. The van der Waals surface area contributed by atoms with Gasteiger partial charge in [0.25, 0.3) is 0 Å². The predicted molar refractivity (Wildman–Crippen MR) is 77.5 cm³/mol. The van der Waals surface area contributed by atoms with Gasteiger partial charge in [0, 0.05) is 12.5 Å². The quantitative estimate of drug-likeness (QED) is 0.931. The van der Waals surface area contributed by atoms with Crippen LogP contribution in [-0.2, 0) is 12.8 Å². The number of ether oxygens (including phenoxy) is 1. The topological polar surface area (TPSA) is 21.3 Å². The van der Waals surface area contributed by atoms with Crippen molar-refractivity contribution in [3.05, 3.63) is 64.7 Å². The molecule has 4 heteroatoms. The van der Waals surface area contributed by atoms with E-state index in [0.29, 0.717) is 6.42 Å². The molecule has 3 rings (SSSR count). The van der Waals surface area contributed by atoms with Crippen LogP contribution in [0.5, 0.6) is 5.75 Å². The van der Waals surface area contributed by atoms with Gasteiger partial charge in [0.2, 0.25) is 0 Å². The molecule has 110 valence electrons. The Hall–Kier alpha value is -1.94. The molecule has 1 aliphatic rings. The van der Waals surface area contributed by atoms with Crippen molar-refractivity contribution < 1.29 is 13.5 Å². The molecule has 1 N–H and O–H groups in total. The van der Waals surface area contributed by atoms with Gasteiger partial charge >= 0.3 is 0 Å². The fourth-order valence-electron chi connectivity index (χ4n) is 2.71. The van der Waals surface area contributed by atoms with Gasteiger partial charge in [-0.25, -0.2) is 8.78 Å². The van der Waals surface area contributed by atoms with E-state index in [9.17, 15) is 8.78 Å². The molecule has 1 heterocycles. The molecular weight excluding hydrogens is 272 g/mol. The minimum Gasteiger partial charge on any atom is -0.493 e. The number of halogens is 2. The first-order valence-corrected chi connectivity index (χ1v) is 7.04. The van der Waals surface area contributed by atoms with Crippen molar-refractivity contribution >= 4 is 0 Å². The van der Waals surface area contributed by atoms with E-state index in [2.05, 4.69) is 11.4 Å². The molecule has 0 amide bonds. The molecule has 0 saturated heterocycles. The summed E-state index contributed by atoms with van der Waals surface area (Å²) in [6.07, 6.45) is 1.53. The predicted octanol–water partition coefficient (Wildman–Crippen LogP) is 3.40. The van der Waals surface area contributed by atoms with Crippen LogP contribution in [0.15, 0.2) is 36.4 Å². The van der Waals surface area contributed by atoms with E-state index in [4.69, 9.17) is 4.74 Å². The van der Waals surface area contributed by atoms with E-state index < -0.39 is 11.6 Å². The lowest BCUT2D eigenvalue weighted by molar-refractivity contribution is 0.356. The molecule has 1 unspecified atom stereocenters. The van der Waals surface area contributed by atoms with Gasteiger partial charge in [-0.1, -0.05) is 18.2 Å². The lowest BCUT2D eigenvalue weighted by atomic mass is 9.97. The number of hydrogen-bond acceptors (Lipinski definition) is 2. The van der Waals surface area contributed by atoms with E-state index in [-0.39, 0.29) is 6.04 Å². The molecule has 1 atom stereocenters. The first kappa shape index (κ1) is 14.0. The zero-order chi connectivity index (χ0) is 14.8. The van der Waals surface area contributed by atoms with Crippen molar-refractivity contribution in [3.63, 3.8) is 0 Å². The minimum absolute atomic E-state index is 0.0563. The van der Waals surface area contributed by atoms with Crippen LogP contribution >= 0.6 is 0 Å². The molecule has 0 saturated carbocycles. The largest absolute Gasteiger partial charge is 0.493 e. The van der Waals surface area contributed by atoms with Gasteiger partial charge in [-0.15, -0.1) is 0 Å². The van der Waals surface area contributed by atoms with Gasteiger partial charge in [-0.3, -0.25) is 0 Å². The maximum absolute atomic E-state index is 13.3. The van der Waals surface area contributed by atoms with E-state index in [1.807, 2.05) is 19.2 Å². The lowest BCUT2D eigenvalue weighted by Crippen LogP contribution is -2.19. The summed E-state index contributed by atoms with van der Waals surface area (Å²) in [4.78, 5) is 0. The van der Waals surface area contributed by atoms with Crippen molar-refractivity contribution in [2.24, 2.45) is 0 Å². The summed E-state index contributed by atoms with van der Waals surface area (Å²) >= 11 is 0. The molecule has 0 aromatic heterocycles. The Morgan fingerprint density at radius 2 is 2.00 bits per heavy atom. The van der Waals surface area contributed by atoms with Gasteiger partial charge in [-0.2, -0.15) is 0 Å². The third-order valence-corrected chi connectivity index (χ3v) is 3.89. The average molecular weight is 289 g/mol. The van der Waals surface area contributed by atoms with Crippen molar-refractivity contribution in [2.45, 2.75) is 18.9 Å². The smallest absolute Gasteiger partial charge is 0.159 e. The Labute approximate surface area is 122 Å². The van der Waals surface area contributed by atoms with E-state index in [1.165, 1.54) is 17.7 Å². The Bertz CT molecular complexity index is 657. The molecule has 21 heavy (non-hydrogen) atoms. The van der Waals surface area contributed by atoms with Crippen LogP contribution in [0.2, 0.25) is 0 Å². The maximum Gasteiger partial charge on any atom is 0.159 e. The molecule has 0 fully saturated rings. The second kappa shape index (κ2) is 5.82. The first-order chi connectivity index (χ1) is 10.2. The Balaban J connectivity index is 1.83. The van der Waals surface area contributed by atoms with Crippen molar-refractivity contribution in [1.82, 2.24) is 5.32 Å². The highest BCUT2D eigenvalue weighted by Gasteiger charge is 2.17. The average Bonchev–Trinajstić information content (AvgIpc) is 2.95. The van der Waals surface area contributed by atoms with Crippen LogP contribution in [0.25, 0.3) is 0 Å². The Morgan fingerprint density at radius 1 is 1.14 bits per heavy atom. The van der Waals surface area contributed by atoms with Crippen LogP contribution in [0.1, 0.15) is 22.7 Å². The molecule has 0 spiro atoms. The fraction of sp³-hybridized carbons (Fsp3) is 0.294. The molecule has 2 aromatic rings. The van der Waals surface area contributed by atoms with Crippen molar-refractivity contribution in [1.29, 1.82) is 0 Å². The standard InChI is InChI=1S/C17H17F2NO/c1-20-16(9-11-2-4-14(18)15(19)8-11)12-3-5-17-13(10-12)6-7-21-17/h2-5,8,10,16,20H,6-7,9H2,1H3. The summed E-state index contributed by atoms with van der Waals surface area (Å²) < 4.78 is 31.8. The molecule has 2 aromatic carbocycles. The molecule has 0 bridgehead atoms. The summed E-state index contributed by atoms with van der Waals surface area (Å²) in [5.74, 6) is -0.666. The number of hydrogen-bond donors (Lipinski definition) is 1. The van der Waals surface area contributed by atoms with Gasteiger partial charge in [0.05, 0.1) is 6.61 Å². The molecule has 0 aliphatic carbocycles. The van der Waals surface area contributed by atoms with Gasteiger partial charge < -0.3 is 10.1 Å². The summed E-state index contributed by atoms with van der Waals surface area (Å²) in [5.41, 5.74) is 3.11. The molecular formula is C17H17F2NO. The zero-order valence-corrected chi connectivity index (χ0v) is 11.8. The van der Waals surface area contributed by atoms with Crippen LogP contribution in [0.3, 0.4) is 0 Å². The second-order valence-electron chi connectivity index (χ2n) is 5.26. The number of fused-ring (bicyclic) bond motifs is 1. The third-order valence-electron chi connectivity index (χ3n) is 3.89. The normalized spacial score (nSPS) is 14.6. The fourth-order valence-corrected chi connectivity index (χ4v) is 2.71. The number of nitrogens with one attached hydrogen (secondary N) is 1. The summed E-state index contributed by atoms with van der Waals surface area (Å²) in [6.45, 7) is 0.728. The van der Waals surface area contributed by atoms with Gasteiger partial charge in [0.15, 0.2) is 11.6 Å². The maximum atomic E-state index is 13.3. The molecule has 0 radical (unpaired) electrons. The number of rotatable bonds is 4. The summed E-state index contributed by atoms with van der Waals surface area (Å²) in [6, 6.07) is 10.2. The van der Waals surface area contributed by atoms with Gasteiger partial charge in [-0.05, 0) is 48.4 Å². The van der Waals surface area contributed by atoms with Crippen molar-refractivity contribution in [3.8, 4) is 5.75 Å². The highest BCUT2D eigenvalue weighted by atomic mass is 19.2. The SMILES string of the molecule is CNC(Cc1ccc(F)c(F)c1)c1ccc2c(c1)CCO2.